The molecule has 178 valence electrons. The number of carbonyl (C=O) groups is 3. The number of benzene rings is 3. The summed E-state index contributed by atoms with van der Waals surface area (Å²) >= 11 is 0. The monoisotopic (exact) mass is 472 g/mol. The largest absolute Gasteiger partial charge is 0.497 e. The standard InChI is InChI=1S/C28H24O7/c1-19(29)33-26-16-23(17-27(18-26)34-20(2)30)5-4-21-8-13-25(14-9-21)35-28(31)15-10-22-6-11-24(32-3)12-7-22/h4-18H,1-3H3. The molecule has 3 rings (SSSR count). The van der Waals surface area contributed by atoms with Crippen LogP contribution in [0.5, 0.6) is 23.0 Å². The Balaban J connectivity index is 1.64. The molecule has 0 N–H and O–H groups in total. The van der Waals surface area contributed by atoms with Gasteiger partial charge in [-0.15, -0.1) is 0 Å². The Kier molecular flexibility index (Phi) is 8.56. The van der Waals surface area contributed by atoms with Gasteiger partial charge in [0.15, 0.2) is 0 Å². The number of hydrogen-bond acceptors (Lipinski definition) is 7. The van der Waals surface area contributed by atoms with Gasteiger partial charge in [-0.1, -0.05) is 36.4 Å². The third-order valence-electron chi connectivity index (χ3n) is 4.52. The lowest BCUT2D eigenvalue weighted by Gasteiger charge is -2.07. The normalized spacial score (nSPS) is 10.8. The number of ether oxygens (including phenoxy) is 4. The van der Waals surface area contributed by atoms with E-state index in [9.17, 15) is 14.4 Å². The number of carbonyl (C=O) groups excluding carboxylic acids is 3. The fourth-order valence-electron chi connectivity index (χ4n) is 3.01. The van der Waals surface area contributed by atoms with Crippen LogP contribution in [0.3, 0.4) is 0 Å². The quantitative estimate of drug-likeness (QED) is 0.189. The molecule has 0 aliphatic heterocycles. The van der Waals surface area contributed by atoms with E-state index < -0.39 is 17.9 Å². The van der Waals surface area contributed by atoms with Crippen LogP contribution in [0.15, 0.2) is 72.8 Å². The molecule has 0 aliphatic carbocycles. The van der Waals surface area contributed by atoms with E-state index in [2.05, 4.69) is 0 Å². The SMILES string of the molecule is COc1ccc(C=CC(=O)Oc2ccc(C=Cc3cc(OC(C)=O)cc(OC(C)=O)c3)cc2)cc1. The maximum Gasteiger partial charge on any atom is 0.336 e. The predicted octanol–water partition coefficient (Wildman–Crippen LogP) is 5.34. The molecule has 0 heterocycles. The van der Waals surface area contributed by atoms with Crippen LogP contribution in [0.4, 0.5) is 0 Å². The van der Waals surface area contributed by atoms with Gasteiger partial charge in [0.05, 0.1) is 7.11 Å². The summed E-state index contributed by atoms with van der Waals surface area (Å²) in [4.78, 5) is 34.7. The first-order valence-corrected chi connectivity index (χ1v) is 10.6. The van der Waals surface area contributed by atoms with Crippen molar-refractivity contribution in [3.8, 4) is 23.0 Å². The lowest BCUT2D eigenvalue weighted by molar-refractivity contribution is -0.132. The molecule has 0 amide bonds. The maximum atomic E-state index is 12.1. The summed E-state index contributed by atoms with van der Waals surface area (Å²) < 4.78 is 20.7. The molecule has 0 atom stereocenters. The Labute approximate surface area is 203 Å². The van der Waals surface area contributed by atoms with E-state index in [0.717, 1.165) is 16.9 Å². The van der Waals surface area contributed by atoms with Crippen molar-refractivity contribution in [3.05, 3.63) is 89.5 Å². The average molecular weight is 472 g/mol. The summed E-state index contributed by atoms with van der Waals surface area (Å²) in [7, 11) is 1.59. The van der Waals surface area contributed by atoms with Gasteiger partial charge >= 0.3 is 17.9 Å². The topological polar surface area (TPSA) is 88.1 Å². The van der Waals surface area contributed by atoms with E-state index in [4.69, 9.17) is 18.9 Å². The van der Waals surface area contributed by atoms with E-state index in [0.29, 0.717) is 11.3 Å². The van der Waals surface area contributed by atoms with E-state index in [1.807, 2.05) is 18.2 Å². The lowest BCUT2D eigenvalue weighted by Crippen LogP contribution is -2.04. The van der Waals surface area contributed by atoms with Gasteiger partial charge < -0.3 is 18.9 Å². The van der Waals surface area contributed by atoms with Gasteiger partial charge in [-0.25, -0.2) is 4.79 Å². The highest BCUT2D eigenvalue weighted by Gasteiger charge is 2.06. The smallest absolute Gasteiger partial charge is 0.336 e. The predicted molar refractivity (Wildman–Crippen MR) is 132 cm³/mol. The Morgan fingerprint density at radius 1 is 0.571 bits per heavy atom. The van der Waals surface area contributed by atoms with Crippen LogP contribution in [0.25, 0.3) is 18.2 Å². The molecule has 7 heteroatoms. The zero-order valence-corrected chi connectivity index (χ0v) is 19.5. The fourth-order valence-corrected chi connectivity index (χ4v) is 3.01. The van der Waals surface area contributed by atoms with Gasteiger partial charge in [-0.3, -0.25) is 9.59 Å². The molecule has 0 saturated heterocycles. The Bertz CT molecular complexity index is 1220. The number of esters is 3. The molecule has 0 radical (unpaired) electrons. The second-order valence-electron chi connectivity index (χ2n) is 7.35. The van der Waals surface area contributed by atoms with Crippen molar-refractivity contribution >= 4 is 36.1 Å². The molecule has 0 aliphatic rings. The molecular weight excluding hydrogens is 448 g/mol. The van der Waals surface area contributed by atoms with Gasteiger partial charge in [0.2, 0.25) is 0 Å². The van der Waals surface area contributed by atoms with E-state index >= 15 is 0 Å². The number of hydrogen-bond donors (Lipinski definition) is 0. The highest BCUT2D eigenvalue weighted by Crippen LogP contribution is 2.25. The molecule has 3 aromatic carbocycles. The minimum absolute atomic E-state index is 0.265. The molecule has 7 nitrogen and oxygen atoms in total. The highest BCUT2D eigenvalue weighted by atomic mass is 16.5. The van der Waals surface area contributed by atoms with Crippen LogP contribution in [-0.4, -0.2) is 25.0 Å². The third kappa shape index (κ3) is 8.33. The van der Waals surface area contributed by atoms with Gasteiger partial charge in [0, 0.05) is 26.0 Å². The molecule has 0 saturated carbocycles. The van der Waals surface area contributed by atoms with Gasteiger partial charge in [-0.05, 0) is 59.2 Å². The molecule has 0 fully saturated rings. The van der Waals surface area contributed by atoms with Crippen molar-refractivity contribution in [1.82, 2.24) is 0 Å². The molecule has 0 bridgehead atoms. The van der Waals surface area contributed by atoms with E-state index in [1.54, 1.807) is 67.8 Å². The van der Waals surface area contributed by atoms with Crippen molar-refractivity contribution < 1.29 is 33.3 Å². The Morgan fingerprint density at radius 3 is 1.57 bits per heavy atom. The molecular formula is C28H24O7. The minimum atomic E-state index is -0.496. The lowest BCUT2D eigenvalue weighted by atomic mass is 10.1. The molecule has 0 spiro atoms. The van der Waals surface area contributed by atoms with Crippen LogP contribution in [0.1, 0.15) is 30.5 Å². The van der Waals surface area contributed by atoms with Crippen molar-refractivity contribution in [2.45, 2.75) is 13.8 Å². The summed E-state index contributed by atoms with van der Waals surface area (Å²) in [6.07, 6.45) is 6.61. The summed E-state index contributed by atoms with van der Waals surface area (Å²) in [6, 6.07) is 19.0. The summed E-state index contributed by atoms with van der Waals surface area (Å²) in [6.45, 7) is 2.58. The van der Waals surface area contributed by atoms with Crippen LogP contribution >= 0.6 is 0 Å². The van der Waals surface area contributed by atoms with Gasteiger partial charge in [-0.2, -0.15) is 0 Å². The highest BCUT2D eigenvalue weighted by molar-refractivity contribution is 5.88. The van der Waals surface area contributed by atoms with Crippen molar-refractivity contribution in [1.29, 1.82) is 0 Å². The average Bonchev–Trinajstić information content (AvgIpc) is 2.81. The van der Waals surface area contributed by atoms with Crippen molar-refractivity contribution in [3.63, 3.8) is 0 Å². The minimum Gasteiger partial charge on any atom is -0.497 e. The van der Waals surface area contributed by atoms with Gasteiger partial charge in [0.1, 0.15) is 23.0 Å². The van der Waals surface area contributed by atoms with Crippen LogP contribution in [0, 0.1) is 0 Å². The summed E-state index contributed by atoms with van der Waals surface area (Å²) in [5.74, 6) is 0.209. The number of rotatable bonds is 8. The zero-order valence-electron chi connectivity index (χ0n) is 19.5. The molecule has 0 aromatic heterocycles. The molecule has 35 heavy (non-hydrogen) atoms. The zero-order chi connectivity index (χ0) is 25.2. The second-order valence-corrected chi connectivity index (χ2v) is 7.35. The third-order valence-corrected chi connectivity index (χ3v) is 4.52. The van der Waals surface area contributed by atoms with E-state index in [-0.39, 0.29) is 11.5 Å². The molecule has 3 aromatic rings. The first-order valence-electron chi connectivity index (χ1n) is 10.6. The second kappa shape index (κ2) is 12.0. The van der Waals surface area contributed by atoms with Gasteiger partial charge in [0.25, 0.3) is 0 Å². The van der Waals surface area contributed by atoms with Crippen LogP contribution < -0.4 is 18.9 Å². The van der Waals surface area contributed by atoms with Crippen LogP contribution in [-0.2, 0) is 14.4 Å². The summed E-state index contributed by atoms with van der Waals surface area (Å²) in [5.41, 5.74) is 2.35. The van der Waals surface area contributed by atoms with Crippen LogP contribution in [0.2, 0.25) is 0 Å². The Morgan fingerprint density at radius 2 is 1.06 bits per heavy atom. The maximum absolute atomic E-state index is 12.1. The fraction of sp³-hybridized carbons (Fsp3) is 0.107. The van der Waals surface area contributed by atoms with Crippen molar-refractivity contribution in [2.75, 3.05) is 7.11 Å². The first-order chi connectivity index (χ1) is 16.8. The van der Waals surface area contributed by atoms with Crippen molar-refractivity contribution in [2.24, 2.45) is 0 Å². The number of methoxy groups -OCH3 is 1. The first kappa shape index (κ1) is 25.0. The summed E-state index contributed by atoms with van der Waals surface area (Å²) in [5, 5.41) is 0. The Hall–Kier alpha value is -4.65. The van der Waals surface area contributed by atoms with E-state index in [1.165, 1.54) is 26.0 Å². The molecule has 0 unspecified atom stereocenters.